The molecule has 0 spiro atoms. The minimum atomic E-state index is -4.11. The first-order valence-corrected chi connectivity index (χ1v) is 7.23. The number of rotatable bonds is 3. The zero-order chi connectivity index (χ0) is 14.2. The van der Waals surface area contributed by atoms with Crippen molar-refractivity contribution in [1.82, 2.24) is 9.62 Å². The molecule has 1 aromatic rings. The summed E-state index contributed by atoms with van der Waals surface area (Å²) in [4.78, 5) is 1.20. The summed E-state index contributed by atoms with van der Waals surface area (Å²) < 4.78 is 53.2. The summed E-state index contributed by atoms with van der Waals surface area (Å²) in [5.74, 6) is -2.68. The Labute approximate surface area is 110 Å². The molecule has 1 aromatic carbocycles. The van der Waals surface area contributed by atoms with Crippen molar-refractivity contribution < 1.29 is 17.2 Å². The van der Waals surface area contributed by atoms with Gasteiger partial charge in [-0.15, -0.1) is 0 Å². The number of nitrogen functional groups attached to an aromatic ring is 1. The van der Waals surface area contributed by atoms with E-state index in [0.717, 1.165) is 18.7 Å². The van der Waals surface area contributed by atoms with Crippen molar-refractivity contribution in [2.75, 3.05) is 25.9 Å². The third kappa shape index (κ3) is 3.02. The van der Waals surface area contributed by atoms with E-state index in [-0.39, 0.29) is 11.7 Å². The van der Waals surface area contributed by atoms with Crippen molar-refractivity contribution in [3.8, 4) is 0 Å². The van der Waals surface area contributed by atoms with E-state index < -0.39 is 26.6 Å². The molecule has 0 saturated carbocycles. The van der Waals surface area contributed by atoms with Crippen LogP contribution in [-0.4, -0.2) is 39.5 Å². The molecule has 0 amide bonds. The Morgan fingerprint density at radius 3 is 2.68 bits per heavy atom. The Bertz CT molecular complexity index is 592. The summed E-state index contributed by atoms with van der Waals surface area (Å²) in [6.45, 7) is 1.28. The third-order valence-electron chi connectivity index (χ3n) is 3.02. The zero-order valence-electron chi connectivity index (χ0n) is 10.4. The predicted octanol–water partition coefficient (Wildman–Crippen LogP) is 0.529. The first-order chi connectivity index (χ1) is 8.79. The Hall–Kier alpha value is -1.25. The van der Waals surface area contributed by atoms with Gasteiger partial charge in [0.2, 0.25) is 10.0 Å². The largest absolute Gasteiger partial charge is 0.399 e. The van der Waals surface area contributed by atoms with Gasteiger partial charge in [0, 0.05) is 18.3 Å². The van der Waals surface area contributed by atoms with Gasteiger partial charge in [-0.1, -0.05) is 0 Å². The van der Waals surface area contributed by atoms with Crippen molar-refractivity contribution in [2.45, 2.75) is 17.4 Å². The summed E-state index contributed by atoms with van der Waals surface area (Å²) in [6.07, 6.45) is 0.627. The first kappa shape index (κ1) is 14.2. The maximum Gasteiger partial charge on any atom is 0.243 e. The Kier molecular flexibility index (Phi) is 3.75. The predicted molar refractivity (Wildman–Crippen MR) is 67.0 cm³/mol. The van der Waals surface area contributed by atoms with E-state index >= 15 is 0 Å². The second-order valence-electron chi connectivity index (χ2n) is 4.68. The maximum absolute atomic E-state index is 13.6. The van der Waals surface area contributed by atoms with Crippen LogP contribution in [0.25, 0.3) is 0 Å². The standard InChI is InChI=1S/C11H15F2N3O2S/c1-16-3-2-8(6-16)15-19(17,18)10-5-7(14)4-9(12)11(10)13/h4-5,8,15H,2-3,6,14H2,1H3. The van der Waals surface area contributed by atoms with Crippen LogP contribution in [0.1, 0.15) is 6.42 Å². The molecule has 8 heteroatoms. The van der Waals surface area contributed by atoms with Crippen molar-refractivity contribution in [1.29, 1.82) is 0 Å². The molecule has 0 aromatic heterocycles. The molecule has 1 aliphatic rings. The lowest BCUT2D eigenvalue weighted by molar-refractivity contribution is 0.406. The quantitative estimate of drug-likeness (QED) is 0.797. The summed E-state index contributed by atoms with van der Waals surface area (Å²) >= 11 is 0. The molecule has 1 saturated heterocycles. The topological polar surface area (TPSA) is 75.4 Å². The highest BCUT2D eigenvalue weighted by Gasteiger charge is 2.28. The molecule has 1 unspecified atom stereocenters. The molecule has 1 fully saturated rings. The van der Waals surface area contributed by atoms with E-state index in [9.17, 15) is 17.2 Å². The molecule has 0 bridgehead atoms. The van der Waals surface area contributed by atoms with E-state index in [0.29, 0.717) is 13.0 Å². The summed E-state index contributed by atoms with van der Waals surface area (Å²) in [7, 11) is -2.26. The van der Waals surface area contributed by atoms with Gasteiger partial charge in [0.1, 0.15) is 4.90 Å². The molecule has 5 nitrogen and oxygen atoms in total. The second kappa shape index (κ2) is 5.03. The minimum absolute atomic E-state index is 0.136. The fourth-order valence-corrected chi connectivity index (χ4v) is 3.48. The number of hydrogen-bond donors (Lipinski definition) is 2. The molecule has 2 rings (SSSR count). The normalized spacial score (nSPS) is 20.9. The smallest absolute Gasteiger partial charge is 0.243 e. The number of nitrogens with two attached hydrogens (primary N) is 1. The molecular formula is C11H15F2N3O2S. The lowest BCUT2D eigenvalue weighted by Crippen LogP contribution is -2.37. The molecule has 3 N–H and O–H groups in total. The van der Waals surface area contributed by atoms with Crippen LogP contribution in [0.2, 0.25) is 0 Å². The molecule has 19 heavy (non-hydrogen) atoms. The third-order valence-corrected chi connectivity index (χ3v) is 4.54. The fourth-order valence-electron chi connectivity index (χ4n) is 2.09. The zero-order valence-corrected chi connectivity index (χ0v) is 11.2. The molecule has 106 valence electrons. The number of hydrogen-bond acceptors (Lipinski definition) is 4. The van der Waals surface area contributed by atoms with Gasteiger partial charge in [-0.05, 0) is 32.1 Å². The molecular weight excluding hydrogens is 276 g/mol. The van der Waals surface area contributed by atoms with E-state index in [1.165, 1.54) is 0 Å². The Morgan fingerprint density at radius 2 is 2.11 bits per heavy atom. The SMILES string of the molecule is CN1CCC(NS(=O)(=O)c2cc(N)cc(F)c2F)C1. The van der Waals surface area contributed by atoms with Crippen LogP contribution >= 0.6 is 0 Å². The van der Waals surface area contributed by atoms with Gasteiger partial charge in [0.15, 0.2) is 11.6 Å². The summed E-state index contributed by atoms with van der Waals surface area (Å²) in [6, 6.07) is 1.36. The van der Waals surface area contributed by atoms with Gasteiger partial charge >= 0.3 is 0 Å². The van der Waals surface area contributed by atoms with Gasteiger partial charge in [-0.3, -0.25) is 0 Å². The summed E-state index contributed by atoms with van der Waals surface area (Å²) in [5, 5.41) is 0. The lowest BCUT2D eigenvalue weighted by Gasteiger charge is -2.14. The van der Waals surface area contributed by atoms with Crippen LogP contribution in [0.5, 0.6) is 0 Å². The average molecular weight is 291 g/mol. The second-order valence-corrected chi connectivity index (χ2v) is 6.37. The van der Waals surface area contributed by atoms with Crippen molar-refractivity contribution in [3.05, 3.63) is 23.8 Å². The fraction of sp³-hybridized carbons (Fsp3) is 0.455. The number of halogens is 2. The van der Waals surface area contributed by atoms with Gasteiger partial charge in [-0.2, -0.15) is 0 Å². The first-order valence-electron chi connectivity index (χ1n) is 5.75. The average Bonchev–Trinajstić information content (AvgIpc) is 2.68. The maximum atomic E-state index is 13.6. The molecule has 1 heterocycles. The summed E-state index contributed by atoms with van der Waals surface area (Å²) in [5.41, 5.74) is 5.21. The number of likely N-dealkylation sites (tertiary alicyclic amines) is 1. The van der Waals surface area contributed by atoms with E-state index in [2.05, 4.69) is 4.72 Å². The monoisotopic (exact) mass is 291 g/mol. The van der Waals surface area contributed by atoms with Crippen molar-refractivity contribution in [3.63, 3.8) is 0 Å². The molecule has 1 aliphatic heterocycles. The lowest BCUT2D eigenvalue weighted by atomic mass is 10.3. The number of nitrogens with one attached hydrogen (secondary N) is 1. The number of sulfonamides is 1. The number of anilines is 1. The van der Waals surface area contributed by atoms with Crippen molar-refractivity contribution in [2.24, 2.45) is 0 Å². The van der Waals surface area contributed by atoms with Crippen LogP contribution in [-0.2, 0) is 10.0 Å². The van der Waals surface area contributed by atoms with Crippen LogP contribution in [0.4, 0.5) is 14.5 Å². The Morgan fingerprint density at radius 1 is 1.42 bits per heavy atom. The highest BCUT2D eigenvalue weighted by molar-refractivity contribution is 7.89. The van der Waals surface area contributed by atoms with Gasteiger partial charge in [0.25, 0.3) is 0 Å². The minimum Gasteiger partial charge on any atom is -0.399 e. The van der Waals surface area contributed by atoms with Crippen LogP contribution < -0.4 is 10.5 Å². The molecule has 0 radical (unpaired) electrons. The van der Waals surface area contributed by atoms with Crippen LogP contribution in [0.15, 0.2) is 17.0 Å². The number of nitrogens with zero attached hydrogens (tertiary/aromatic N) is 1. The number of likely N-dealkylation sites (N-methyl/N-ethyl adjacent to an activating group) is 1. The van der Waals surface area contributed by atoms with Gasteiger partial charge in [0.05, 0.1) is 0 Å². The van der Waals surface area contributed by atoms with Crippen molar-refractivity contribution >= 4 is 15.7 Å². The molecule has 1 atom stereocenters. The molecule has 0 aliphatic carbocycles. The van der Waals surface area contributed by atoms with E-state index in [1.54, 1.807) is 0 Å². The Balaban J connectivity index is 2.29. The van der Waals surface area contributed by atoms with Crippen LogP contribution in [0.3, 0.4) is 0 Å². The van der Waals surface area contributed by atoms with Crippen LogP contribution in [0, 0.1) is 11.6 Å². The highest BCUT2D eigenvalue weighted by Crippen LogP contribution is 2.22. The van der Waals surface area contributed by atoms with E-state index in [4.69, 9.17) is 5.73 Å². The van der Waals surface area contributed by atoms with Gasteiger partial charge < -0.3 is 10.6 Å². The highest BCUT2D eigenvalue weighted by atomic mass is 32.2. The van der Waals surface area contributed by atoms with Gasteiger partial charge in [-0.25, -0.2) is 21.9 Å². The number of benzene rings is 1. The van der Waals surface area contributed by atoms with E-state index in [1.807, 2.05) is 11.9 Å².